The summed E-state index contributed by atoms with van der Waals surface area (Å²) in [6, 6.07) is 6.57. The Morgan fingerprint density at radius 2 is 1.74 bits per heavy atom. The van der Waals surface area contributed by atoms with Crippen LogP contribution < -0.4 is 3.94 Å². The number of anilines is 1. The van der Waals surface area contributed by atoms with Crippen molar-refractivity contribution in [2.45, 2.75) is 13.8 Å². The van der Waals surface area contributed by atoms with Crippen molar-refractivity contribution in [3.63, 3.8) is 0 Å². The molecule has 0 unspecified atom stereocenters. The number of carbonyl (C=O) groups excluding carboxylic acids is 1. The predicted octanol–water partition coefficient (Wildman–Crippen LogP) is 3.30. The first kappa shape index (κ1) is 16.1. The van der Waals surface area contributed by atoms with Gasteiger partial charge in [-0.3, -0.25) is 0 Å². The molecule has 1 aromatic rings. The summed E-state index contributed by atoms with van der Waals surface area (Å²) in [5.74, 6) is -0.339. The van der Waals surface area contributed by atoms with Gasteiger partial charge in [0.05, 0.1) is 11.3 Å². The van der Waals surface area contributed by atoms with Crippen molar-refractivity contribution >= 4 is 35.2 Å². The molecule has 0 aliphatic carbocycles. The maximum atomic E-state index is 11.8. The van der Waals surface area contributed by atoms with Crippen LogP contribution in [0.3, 0.4) is 0 Å². The molecule has 0 fully saturated rings. The van der Waals surface area contributed by atoms with E-state index in [0.717, 1.165) is 23.6 Å². The number of nitrogens with zero attached hydrogens (tertiary/aromatic N) is 2. The number of carbonyl (C=O) groups is 1. The molecular formula is C13H18Cl2N2O2. The van der Waals surface area contributed by atoms with E-state index >= 15 is 0 Å². The van der Waals surface area contributed by atoms with Gasteiger partial charge in [0.1, 0.15) is 6.61 Å². The van der Waals surface area contributed by atoms with Gasteiger partial charge in [0.25, 0.3) is 0 Å². The number of benzene rings is 1. The molecule has 0 heterocycles. The van der Waals surface area contributed by atoms with Gasteiger partial charge >= 0.3 is 5.97 Å². The Kier molecular flexibility index (Phi) is 6.99. The predicted molar refractivity (Wildman–Crippen MR) is 78.7 cm³/mol. The number of hydrogen-bond donors (Lipinski definition) is 0. The zero-order valence-corrected chi connectivity index (χ0v) is 12.6. The van der Waals surface area contributed by atoms with Crippen molar-refractivity contribution < 1.29 is 9.53 Å². The molecule has 0 bridgehead atoms. The number of hydrogen-bond acceptors (Lipinski definition) is 4. The minimum absolute atomic E-state index is 0.339. The van der Waals surface area contributed by atoms with Crippen molar-refractivity contribution in [1.29, 1.82) is 0 Å². The van der Waals surface area contributed by atoms with Gasteiger partial charge in [-0.2, -0.15) is 3.94 Å². The molecule has 0 amide bonds. The standard InChI is InChI=1S/C13H18Cl2N2O2/c1-3-16(4-2)9-10-19-13(18)11-5-7-12(8-6-11)17(14)15/h5-8H,3-4,9-10H2,1-2H3. The molecular weight excluding hydrogens is 287 g/mol. The van der Waals surface area contributed by atoms with Crippen LogP contribution in [-0.2, 0) is 4.74 Å². The highest BCUT2D eigenvalue weighted by molar-refractivity contribution is 6.49. The van der Waals surface area contributed by atoms with E-state index in [1.165, 1.54) is 0 Å². The van der Waals surface area contributed by atoms with E-state index in [4.69, 9.17) is 28.3 Å². The fraction of sp³-hybridized carbons (Fsp3) is 0.462. The fourth-order valence-corrected chi connectivity index (χ4v) is 1.83. The molecule has 0 saturated carbocycles. The van der Waals surface area contributed by atoms with Crippen LogP contribution >= 0.6 is 23.6 Å². The Labute approximate surface area is 124 Å². The molecule has 6 heteroatoms. The quantitative estimate of drug-likeness (QED) is 0.571. The monoisotopic (exact) mass is 304 g/mol. The lowest BCUT2D eigenvalue weighted by molar-refractivity contribution is 0.0466. The van der Waals surface area contributed by atoms with E-state index in [0.29, 0.717) is 17.9 Å². The Bertz CT molecular complexity index is 392. The zero-order chi connectivity index (χ0) is 14.3. The van der Waals surface area contributed by atoms with Crippen molar-refractivity contribution in [2.24, 2.45) is 0 Å². The van der Waals surface area contributed by atoms with Gasteiger partial charge in [0.15, 0.2) is 0 Å². The van der Waals surface area contributed by atoms with Gasteiger partial charge in [-0.25, -0.2) is 4.79 Å². The zero-order valence-electron chi connectivity index (χ0n) is 11.1. The molecule has 0 saturated heterocycles. The minimum Gasteiger partial charge on any atom is -0.461 e. The SMILES string of the molecule is CCN(CC)CCOC(=O)c1ccc(N(Cl)Cl)cc1. The van der Waals surface area contributed by atoms with E-state index in [9.17, 15) is 4.79 Å². The summed E-state index contributed by atoms with van der Waals surface area (Å²) >= 11 is 11.1. The van der Waals surface area contributed by atoms with E-state index in [-0.39, 0.29) is 5.97 Å². The highest BCUT2D eigenvalue weighted by Crippen LogP contribution is 2.19. The summed E-state index contributed by atoms with van der Waals surface area (Å²) in [4.78, 5) is 14.0. The van der Waals surface area contributed by atoms with E-state index in [2.05, 4.69) is 18.7 Å². The number of ether oxygens (including phenoxy) is 1. The second kappa shape index (κ2) is 8.25. The van der Waals surface area contributed by atoms with Crippen LogP contribution in [0.25, 0.3) is 0 Å². The molecule has 0 atom stereocenters. The number of halogens is 2. The van der Waals surface area contributed by atoms with E-state index < -0.39 is 0 Å². The number of esters is 1. The van der Waals surface area contributed by atoms with Crippen LogP contribution in [0, 0.1) is 0 Å². The third-order valence-electron chi connectivity index (χ3n) is 2.83. The van der Waals surface area contributed by atoms with Crippen LogP contribution in [-0.4, -0.2) is 37.1 Å². The van der Waals surface area contributed by atoms with Crippen LogP contribution in [0.15, 0.2) is 24.3 Å². The summed E-state index contributed by atoms with van der Waals surface area (Å²) in [5, 5.41) is 0. The van der Waals surface area contributed by atoms with Crippen LogP contribution in [0.5, 0.6) is 0 Å². The van der Waals surface area contributed by atoms with Gasteiger partial charge in [-0.05, 0) is 37.4 Å². The van der Waals surface area contributed by atoms with Gasteiger partial charge < -0.3 is 9.64 Å². The molecule has 0 N–H and O–H groups in total. The largest absolute Gasteiger partial charge is 0.461 e. The molecule has 0 aromatic heterocycles. The number of rotatable bonds is 7. The number of likely N-dealkylation sites (N-methyl/N-ethyl adjacent to an activating group) is 1. The molecule has 1 aromatic carbocycles. The van der Waals surface area contributed by atoms with Gasteiger partial charge in [-0.15, -0.1) is 0 Å². The average Bonchev–Trinajstić information content (AvgIpc) is 2.43. The van der Waals surface area contributed by atoms with Gasteiger partial charge in [0.2, 0.25) is 0 Å². The van der Waals surface area contributed by atoms with Crippen molar-refractivity contribution in [1.82, 2.24) is 4.90 Å². The van der Waals surface area contributed by atoms with Crippen molar-refractivity contribution in [3.8, 4) is 0 Å². The summed E-state index contributed by atoms with van der Waals surface area (Å²) in [5.41, 5.74) is 1.08. The summed E-state index contributed by atoms with van der Waals surface area (Å²) in [7, 11) is 0. The molecule has 4 nitrogen and oxygen atoms in total. The molecule has 106 valence electrons. The second-order valence-corrected chi connectivity index (χ2v) is 4.79. The average molecular weight is 305 g/mol. The molecule has 0 aliphatic heterocycles. The lowest BCUT2D eigenvalue weighted by atomic mass is 10.2. The van der Waals surface area contributed by atoms with E-state index in [1.54, 1.807) is 24.3 Å². The van der Waals surface area contributed by atoms with Gasteiger partial charge in [0, 0.05) is 30.1 Å². The third kappa shape index (κ3) is 5.27. The Balaban J connectivity index is 2.45. The first-order valence-corrected chi connectivity index (χ1v) is 6.87. The summed E-state index contributed by atoms with van der Waals surface area (Å²) in [6.07, 6.45) is 0. The summed E-state index contributed by atoms with van der Waals surface area (Å²) in [6.45, 7) is 7.18. The minimum atomic E-state index is -0.339. The lowest BCUT2D eigenvalue weighted by Gasteiger charge is -2.17. The lowest BCUT2D eigenvalue weighted by Crippen LogP contribution is -2.27. The Morgan fingerprint density at radius 1 is 1.16 bits per heavy atom. The highest BCUT2D eigenvalue weighted by Gasteiger charge is 2.09. The normalized spacial score (nSPS) is 10.6. The van der Waals surface area contributed by atoms with Crippen LogP contribution in [0.1, 0.15) is 24.2 Å². The molecule has 19 heavy (non-hydrogen) atoms. The van der Waals surface area contributed by atoms with Crippen LogP contribution in [0.2, 0.25) is 0 Å². The van der Waals surface area contributed by atoms with Crippen LogP contribution in [0.4, 0.5) is 5.69 Å². The van der Waals surface area contributed by atoms with Crippen molar-refractivity contribution in [2.75, 3.05) is 30.2 Å². The molecule has 0 aliphatic rings. The molecule has 0 spiro atoms. The Hall–Kier alpha value is -0.970. The molecule has 1 rings (SSSR count). The van der Waals surface area contributed by atoms with Crippen molar-refractivity contribution in [3.05, 3.63) is 29.8 Å². The first-order chi connectivity index (χ1) is 9.08. The van der Waals surface area contributed by atoms with Gasteiger partial charge in [-0.1, -0.05) is 13.8 Å². The smallest absolute Gasteiger partial charge is 0.338 e. The maximum absolute atomic E-state index is 11.8. The summed E-state index contributed by atoms with van der Waals surface area (Å²) < 4.78 is 6.14. The first-order valence-electron chi connectivity index (χ1n) is 6.19. The maximum Gasteiger partial charge on any atom is 0.338 e. The second-order valence-electron chi connectivity index (χ2n) is 3.94. The third-order valence-corrected chi connectivity index (χ3v) is 3.22. The highest BCUT2D eigenvalue weighted by atomic mass is 35.5. The topological polar surface area (TPSA) is 32.8 Å². The van der Waals surface area contributed by atoms with E-state index in [1.807, 2.05) is 0 Å². The Morgan fingerprint density at radius 3 is 2.21 bits per heavy atom. The molecule has 0 radical (unpaired) electrons. The fourth-order valence-electron chi connectivity index (χ4n) is 1.60.